The summed E-state index contributed by atoms with van der Waals surface area (Å²) in [6, 6.07) is 0. The molecule has 0 aromatic heterocycles. The Labute approximate surface area is 371 Å². The van der Waals surface area contributed by atoms with Crippen LogP contribution in [0.4, 0.5) is 8.78 Å². The average Bonchev–Trinajstić information content (AvgIpc) is 3.15. The van der Waals surface area contributed by atoms with Gasteiger partial charge in [-0.1, -0.05) is 169 Å². The zero-order valence-electron chi connectivity index (χ0n) is 34.7. The van der Waals surface area contributed by atoms with E-state index in [2.05, 4.69) is 41.5 Å². The molecular formula is C56H108F2O. The van der Waals surface area contributed by atoms with Gasteiger partial charge >= 0.3 is 0 Å². The number of rotatable bonds is 10. The molecule has 0 aliphatic heterocycles. The summed E-state index contributed by atoms with van der Waals surface area (Å²) in [4.78, 5) is 0. The van der Waals surface area contributed by atoms with Gasteiger partial charge in [0.25, 0.3) is 6.08 Å². The third kappa shape index (κ3) is 19.3. The summed E-state index contributed by atoms with van der Waals surface area (Å²) in [7, 11) is 0. The average molecular weight is 835 g/mol. The minimum atomic E-state index is -1.49. The summed E-state index contributed by atoms with van der Waals surface area (Å²) in [5.74, 6) is 9.74. The van der Waals surface area contributed by atoms with Crippen molar-refractivity contribution in [1.82, 2.24) is 0 Å². The fourth-order valence-electron chi connectivity index (χ4n) is 11.8. The molecule has 6 rings (SSSR count). The van der Waals surface area contributed by atoms with Crippen LogP contribution in [0.1, 0.15) is 248 Å². The van der Waals surface area contributed by atoms with Gasteiger partial charge in [0.15, 0.2) is 0 Å². The van der Waals surface area contributed by atoms with Crippen LogP contribution < -0.4 is 0 Å². The lowest BCUT2D eigenvalue weighted by Crippen LogP contribution is -2.22. The number of hydrogen-bond acceptors (Lipinski definition) is 1. The summed E-state index contributed by atoms with van der Waals surface area (Å²) in [5.41, 5.74) is 6.34. The smallest absolute Gasteiger partial charge is 0.266 e. The summed E-state index contributed by atoms with van der Waals surface area (Å²) in [5, 5.41) is 10.3. The summed E-state index contributed by atoms with van der Waals surface area (Å²) in [6.07, 6.45) is 34.3. The van der Waals surface area contributed by atoms with Gasteiger partial charge in [0, 0.05) is 0 Å². The van der Waals surface area contributed by atoms with Crippen LogP contribution in [0.2, 0.25) is 0 Å². The van der Waals surface area contributed by atoms with Crippen molar-refractivity contribution in [2.24, 2.45) is 59.2 Å². The Kier molecular flexibility index (Phi) is 32.1. The normalized spacial score (nSPS) is 30.2. The van der Waals surface area contributed by atoms with Gasteiger partial charge in [0.05, 0.1) is 0 Å². The van der Waals surface area contributed by atoms with Crippen LogP contribution in [0.5, 0.6) is 5.75 Å². The van der Waals surface area contributed by atoms with Crippen molar-refractivity contribution in [1.29, 1.82) is 0 Å². The van der Waals surface area contributed by atoms with Crippen LogP contribution in [-0.2, 0) is 6.42 Å². The molecule has 3 heteroatoms. The molecule has 352 valence electrons. The second kappa shape index (κ2) is 30.6. The van der Waals surface area contributed by atoms with Gasteiger partial charge in [-0.25, -0.2) is 0 Å². The fourth-order valence-corrected chi connectivity index (χ4v) is 11.8. The lowest BCUT2D eigenvalue weighted by Gasteiger charge is -2.36. The van der Waals surface area contributed by atoms with E-state index >= 15 is 0 Å². The minimum absolute atomic E-state index is 0. The number of benzene rings is 1. The lowest BCUT2D eigenvalue weighted by atomic mass is 9.70. The molecular weight excluding hydrogens is 727 g/mol. The number of hydrogen-bond donors (Lipinski definition) is 1. The number of phenolic OH excluding ortho intramolecular Hbond substituents is 1. The highest BCUT2D eigenvalue weighted by Gasteiger charge is 2.30. The van der Waals surface area contributed by atoms with E-state index in [0.717, 1.165) is 70.5 Å². The van der Waals surface area contributed by atoms with E-state index < -0.39 is 6.08 Å². The Balaban J connectivity index is -0.000000950. The van der Waals surface area contributed by atoms with Crippen molar-refractivity contribution in [3.63, 3.8) is 0 Å². The third-order valence-corrected chi connectivity index (χ3v) is 16.0. The van der Waals surface area contributed by atoms with Crippen LogP contribution in [0, 0.1) is 86.9 Å². The van der Waals surface area contributed by atoms with Crippen molar-refractivity contribution in [3.8, 4) is 5.75 Å². The maximum Gasteiger partial charge on any atom is 0.266 e. The first kappa shape index (κ1) is 61.9. The van der Waals surface area contributed by atoms with Gasteiger partial charge in [-0.15, -0.1) is 0 Å². The minimum Gasteiger partial charge on any atom is -0.507 e. The molecule has 0 atom stereocenters. The number of aromatic hydroxyl groups is 1. The first-order valence-electron chi connectivity index (χ1n) is 22.7. The molecule has 5 fully saturated rings. The quantitative estimate of drug-likeness (QED) is 0.249. The maximum absolute atomic E-state index is 12.2. The molecule has 1 aromatic carbocycles. The Morgan fingerprint density at radius 1 is 0.424 bits per heavy atom. The van der Waals surface area contributed by atoms with Crippen LogP contribution in [0.25, 0.3) is 0 Å². The van der Waals surface area contributed by atoms with Gasteiger partial charge in [0.1, 0.15) is 5.75 Å². The lowest BCUT2D eigenvalue weighted by molar-refractivity contribution is 0.166. The van der Waals surface area contributed by atoms with Crippen LogP contribution in [0.3, 0.4) is 0 Å². The second-order valence-corrected chi connectivity index (χ2v) is 19.9. The Hall–Kier alpha value is -1.38. The van der Waals surface area contributed by atoms with Gasteiger partial charge in [-0.05, 0) is 179 Å². The van der Waals surface area contributed by atoms with Gasteiger partial charge in [-0.2, -0.15) is 8.78 Å². The first-order valence-corrected chi connectivity index (χ1v) is 22.7. The molecule has 0 bridgehead atoms. The summed E-state index contributed by atoms with van der Waals surface area (Å²) in [6.45, 7) is 13.4. The topological polar surface area (TPSA) is 20.2 Å². The van der Waals surface area contributed by atoms with Crippen molar-refractivity contribution in [2.45, 2.75) is 254 Å². The molecule has 0 saturated heterocycles. The highest BCUT2D eigenvalue weighted by molar-refractivity contribution is 5.53. The molecule has 5 aliphatic rings. The van der Waals surface area contributed by atoms with Crippen LogP contribution >= 0.6 is 0 Å². The highest BCUT2D eigenvalue weighted by atomic mass is 19.3. The van der Waals surface area contributed by atoms with E-state index in [0.29, 0.717) is 18.1 Å². The Morgan fingerprint density at radius 3 is 0.966 bits per heavy atom. The molecule has 1 aromatic rings. The largest absolute Gasteiger partial charge is 0.507 e. The van der Waals surface area contributed by atoms with E-state index in [1.807, 2.05) is 0 Å². The number of halogens is 2. The van der Waals surface area contributed by atoms with Crippen LogP contribution in [0.15, 0.2) is 12.2 Å². The van der Waals surface area contributed by atoms with E-state index in [4.69, 9.17) is 0 Å². The second-order valence-electron chi connectivity index (χ2n) is 19.9. The molecule has 0 heterocycles. The predicted octanol–water partition coefficient (Wildman–Crippen LogP) is 20.0. The van der Waals surface area contributed by atoms with E-state index in [-0.39, 0.29) is 52.0 Å². The molecule has 1 nitrogen and oxygen atoms in total. The monoisotopic (exact) mass is 835 g/mol. The van der Waals surface area contributed by atoms with E-state index in [1.54, 1.807) is 0 Å². The summed E-state index contributed by atoms with van der Waals surface area (Å²) >= 11 is 0. The van der Waals surface area contributed by atoms with Crippen molar-refractivity contribution in [2.75, 3.05) is 0 Å². The van der Waals surface area contributed by atoms with Crippen molar-refractivity contribution < 1.29 is 13.9 Å². The SMILES string of the molecule is C.C.C.C.C.C.C.CC1CCC(CC2CCC(CC3CCC(CC=C(F)F)CC3)CC2)CC1.Cc1c(C)c(CC2CCC(CC3CCC(C)CC3)CC2)c(C)c(C)c1O. The van der Waals surface area contributed by atoms with Crippen LogP contribution in [-0.4, -0.2) is 5.11 Å². The molecule has 5 aliphatic carbocycles. The highest BCUT2D eigenvalue weighted by Crippen LogP contribution is 2.43. The first-order chi connectivity index (χ1) is 24.9. The van der Waals surface area contributed by atoms with E-state index in [1.165, 1.54) is 171 Å². The molecule has 0 spiro atoms. The molecule has 0 amide bonds. The molecule has 5 saturated carbocycles. The number of phenols is 1. The van der Waals surface area contributed by atoms with Crippen molar-refractivity contribution in [3.05, 3.63) is 40.0 Å². The summed E-state index contributed by atoms with van der Waals surface area (Å²) < 4.78 is 24.5. The molecule has 59 heavy (non-hydrogen) atoms. The van der Waals surface area contributed by atoms with Crippen molar-refractivity contribution >= 4 is 0 Å². The maximum atomic E-state index is 12.2. The fraction of sp³-hybridized carbons (Fsp3) is 0.857. The Morgan fingerprint density at radius 2 is 0.678 bits per heavy atom. The molecule has 0 radical (unpaired) electrons. The number of allylic oxidation sites excluding steroid dienone is 1. The standard InChI is InChI=1S/C25H40O.C24H40F2.7CH4/c1-16-6-8-21(9-7-16)14-22-10-12-23(13-11-22)15-24-17(2)19(4)25(26)20(5)18(24)3;1-18-2-4-20(5-3-18)16-22-10-12-23(13-11-22)17-21-8-6-19(7-9-21)14-15-24(25)26;;;;;;;/h16,21-23,26H,6-15H2,1-5H3;15,18-23H,2-14,16-17H2,1H3;7*1H4. The molecule has 0 unspecified atom stereocenters. The zero-order chi connectivity index (χ0) is 37.2. The molecule has 1 N–H and O–H groups in total. The predicted molar refractivity (Wildman–Crippen MR) is 265 cm³/mol. The van der Waals surface area contributed by atoms with E-state index in [9.17, 15) is 13.9 Å². The van der Waals surface area contributed by atoms with Gasteiger partial charge in [0.2, 0.25) is 0 Å². The van der Waals surface area contributed by atoms with Gasteiger partial charge in [-0.3, -0.25) is 0 Å². The van der Waals surface area contributed by atoms with Gasteiger partial charge < -0.3 is 5.11 Å². The third-order valence-electron chi connectivity index (χ3n) is 16.0. The zero-order valence-corrected chi connectivity index (χ0v) is 34.7. The Bertz CT molecular complexity index is 1190.